The van der Waals surface area contributed by atoms with Crippen LogP contribution in [0, 0.1) is 0 Å². The average molecular weight is 374 g/mol. The van der Waals surface area contributed by atoms with Crippen LogP contribution in [0.3, 0.4) is 0 Å². The number of esters is 1. The number of halogens is 1. The van der Waals surface area contributed by atoms with Gasteiger partial charge in [-0.2, -0.15) is 0 Å². The molecule has 0 heterocycles. The van der Waals surface area contributed by atoms with Gasteiger partial charge in [0, 0.05) is 17.7 Å². The number of ether oxygens (including phenoxy) is 1. The molecule has 2 aromatic rings. The van der Waals surface area contributed by atoms with E-state index in [1.54, 1.807) is 42.5 Å². The van der Waals surface area contributed by atoms with Crippen LogP contribution in [-0.2, 0) is 9.53 Å². The van der Waals surface area contributed by atoms with Gasteiger partial charge in [0.1, 0.15) is 0 Å². The van der Waals surface area contributed by atoms with Crippen molar-refractivity contribution in [3.63, 3.8) is 0 Å². The molecule has 5 nitrogen and oxygen atoms in total. The summed E-state index contributed by atoms with van der Waals surface area (Å²) in [6.45, 7) is 3.43. The summed E-state index contributed by atoms with van der Waals surface area (Å²) in [5.74, 6) is -1.06. The van der Waals surface area contributed by atoms with E-state index >= 15 is 0 Å². The maximum atomic E-state index is 12.4. The minimum absolute atomic E-state index is 0.0754. The van der Waals surface area contributed by atoms with E-state index in [0.29, 0.717) is 17.7 Å². The van der Waals surface area contributed by atoms with Crippen LogP contribution < -0.4 is 5.32 Å². The van der Waals surface area contributed by atoms with Gasteiger partial charge in [-0.05, 0) is 49.7 Å². The molecule has 2 aromatic carbocycles. The molecule has 6 heteroatoms. The number of carbonyl (C=O) groups excluding carboxylic acids is 3. The first-order valence-corrected chi connectivity index (χ1v) is 8.69. The number of ketones is 1. The number of benzene rings is 2. The maximum absolute atomic E-state index is 12.4. The van der Waals surface area contributed by atoms with Crippen LogP contribution in [0.2, 0.25) is 5.02 Å². The number of Topliss-reactive ketones (excluding diaryl/α,β-unsaturated/α-hetero) is 1. The van der Waals surface area contributed by atoms with E-state index < -0.39 is 12.1 Å². The lowest BCUT2D eigenvalue weighted by molar-refractivity contribution is -0.116. The Labute approximate surface area is 157 Å². The smallest absolute Gasteiger partial charge is 0.340 e. The van der Waals surface area contributed by atoms with Crippen molar-refractivity contribution in [2.75, 3.05) is 5.32 Å². The Morgan fingerprint density at radius 3 is 2.35 bits per heavy atom. The molecular weight excluding hydrogens is 354 g/mol. The van der Waals surface area contributed by atoms with E-state index in [0.717, 1.165) is 6.42 Å². The standard InChI is InChI=1S/C20H20ClNO4/c1-3-6-18(23)22-15-11-9-14(10-12-15)19(24)13(2)26-20(25)16-7-4-5-8-17(16)21/h4-5,7-13H,3,6H2,1-2H3,(H,22,23). The molecule has 26 heavy (non-hydrogen) atoms. The first-order chi connectivity index (χ1) is 12.4. The molecule has 0 aliphatic carbocycles. The van der Waals surface area contributed by atoms with E-state index in [9.17, 15) is 14.4 Å². The highest BCUT2D eigenvalue weighted by Crippen LogP contribution is 2.18. The monoisotopic (exact) mass is 373 g/mol. The molecule has 0 saturated carbocycles. The van der Waals surface area contributed by atoms with Gasteiger partial charge >= 0.3 is 5.97 Å². The van der Waals surface area contributed by atoms with Crippen molar-refractivity contribution in [1.29, 1.82) is 0 Å². The predicted molar refractivity (Wildman–Crippen MR) is 101 cm³/mol. The molecule has 0 saturated heterocycles. The average Bonchev–Trinajstić information content (AvgIpc) is 2.62. The molecule has 0 aromatic heterocycles. The van der Waals surface area contributed by atoms with Crippen molar-refractivity contribution in [1.82, 2.24) is 0 Å². The van der Waals surface area contributed by atoms with Crippen molar-refractivity contribution < 1.29 is 19.1 Å². The SMILES string of the molecule is CCCC(=O)Nc1ccc(C(=O)C(C)OC(=O)c2ccccc2Cl)cc1. The third-order valence-electron chi connectivity index (χ3n) is 3.68. The van der Waals surface area contributed by atoms with Gasteiger partial charge in [-0.25, -0.2) is 4.79 Å². The molecule has 1 N–H and O–H groups in total. The highest BCUT2D eigenvalue weighted by atomic mass is 35.5. The molecule has 0 bridgehead atoms. The summed E-state index contributed by atoms with van der Waals surface area (Å²) in [5.41, 5.74) is 1.21. The van der Waals surface area contributed by atoms with Crippen LogP contribution in [0.15, 0.2) is 48.5 Å². The van der Waals surface area contributed by atoms with Crippen LogP contribution >= 0.6 is 11.6 Å². The molecule has 1 amide bonds. The van der Waals surface area contributed by atoms with Gasteiger partial charge in [-0.15, -0.1) is 0 Å². The lowest BCUT2D eigenvalue weighted by Crippen LogP contribution is -2.24. The minimum Gasteiger partial charge on any atom is -0.451 e. The first-order valence-electron chi connectivity index (χ1n) is 8.32. The highest BCUT2D eigenvalue weighted by molar-refractivity contribution is 6.33. The molecule has 136 valence electrons. The largest absolute Gasteiger partial charge is 0.451 e. The fourth-order valence-electron chi connectivity index (χ4n) is 2.31. The van der Waals surface area contributed by atoms with E-state index in [4.69, 9.17) is 16.3 Å². The van der Waals surface area contributed by atoms with Gasteiger partial charge in [-0.1, -0.05) is 30.7 Å². The number of nitrogens with one attached hydrogen (secondary N) is 1. The lowest BCUT2D eigenvalue weighted by atomic mass is 10.1. The number of hydrogen-bond acceptors (Lipinski definition) is 4. The maximum Gasteiger partial charge on any atom is 0.340 e. The third-order valence-corrected chi connectivity index (χ3v) is 4.01. The summed E-state index contributed by atoms with van der Waals surface area (Å²) in [6.07, 6.45) is 0.242. The van der Waals surface area contributed by atoms with E-state index in [2.05, 4.69) is 5.32 Å². The second kappa shape index (κ2) is 9.15. The normalized spacial score (nSPS) is 11.5. The minimum atomic E-state index is -0.959. The molecule has 1 unspecified atom stereocenters. The molecule has 2 rings (SSSR count). The molecule has 0 fully saturated rings. The molecule has 0 spiro atoms. The Kier molecular flexibility index (Phi) is 6.92. The number of rotatable bonds is 7. The van der Waals surface area contributed by atoms with Crippen LogP contribution in [0.1, 0.15) is 47.4 Å². The van der Waals surface area contributed by atoms with Gasteiger partial charge in [0.15, 0.2) is 6.10 Å². The zero-order chi connectivity index (χ0) is 19.1. The third kappa shape index (κ3) is 5.17. The Bertz CT molecular complexity index is 802. The lowest BCUT2D eigenvalue weighted by Gasteiger charge is -2.13. The molecule has 1 atom stereocenters. The zero-order valence-electron chi connectivity index (χ0n) is 14.6. The van der Waals surface area contributed by atoms with Crippen LogP contribution in [0.5, 0.6) is 0 Å². The second-order valence-electron chi connectivity index (χ2n) is 5.77. The summed E-state index contributed by atoms with van der Waals surface area (Å²) in [7, 11) is 0. The second-order valence-corrected chi connectivity index (χ2v) is 6.17. The van der Waals surface area contributed by atoms with Gasteiger partial charge < -0.3 is 10.1 Å². The topological polar surface area (TPSA) is 72.5 Å². The van der Waals surface area contributed by atoms with Crippen molar-refractivity contribution in [3.8, 4) is 0 Å². The fraction of sp³-hybridized carbons (Fsp3) is 0.250. The summed E-state index contributed by atoms with van der Waals surface area (Å²) in [6, 6.07) is 12.9. The Balaban J connectivity index is 2.00. The van der Waals surface area contributed by atoms with Crippen molar-refractivity contribution in [2.45, 2.75) is 32.8 Å². The van der Waals surface area contributed by atoms with Crippen molar-refractivity contribution in [3.05, 3.63) is 64.7 Å². The number of hydrogen-bond donors (Lipinski definition) is 1. The Morgan fingerprint density at radius 1 is 1.08 bits per heavy atom. The van der Waals surface area contributed by atoms with E-state index in [-0.39, 0.29) is 22.3 Å². The molecule has 0 radical (unpaired) electrons. The van der Waals surface area contributed by atoms with Gasteiger partial charge in [0.2, 0.25) is 11.7 Å². The number of amides is 1. The Hall–Kier alpha value is -2.66. The predicted octanol–water partition coefficient (Wildman–Crippen LogP) is 4.51. The molecular formula is C20H20ClNO4. The van der Waals surface area contributed by atoms with Crippen LogP contribution in [-0.4, -0.2) is 23.8 Å². The van der Waals surface area contributed by atoms with Gasteiger partial charge in [0.05, 0.1) is 10.6 Å². The van der Waals surface area contributed by atoms with E-state index in [1.165, 1.54) is 13.0 Å². The number of carbonyl (C=O) groups is 3. The molecule has 0 aliphatic rings. The number of anilines is 1. The van der Waals surface area contributed by atoms with Crippen LogP contribution in [0.25, 0.3) is 0 Å². The van der Waals surface area contributed by atoms with Gasteiger partial charge in [-0.3, -0.25) is 9.59 Å². The Morgan fingerprint density at radius 2 is 1.73 bits per heavy atom. The molecule has 0 aliphatic heterocycles. The van der Waals surface area contributed by atoms with Crippen LogP contribution in [0.4, 0.5) is 5.69 Å². The first kappa shape index (κ1) is 19.7. The quantitative estimate of drug-likeness (QED) is 0.572. The highest BCUT2D eigenvalue weighted by Gasteiger charge is 2.21. The van der Waals surface area contributed by atoms with Crippen molar-refractivity contribution >= 4 is 34.9 Å². The summed E-state index contributed by atoms with van der Waals surface area (Å²) in [4.78, 5) is 36.2. The summed E-state index contributed by atoms with van der Waals surface area (Å²) in [5, 5.41) is 3.02. The summed E-state index contributed by atoms with van der Waals surface area (Å²) < 4.78 is 5.22. The zero-order valence-corrected chi connectivity index (χ0v) is 15.4. The summed E-state index contributed by atoms with van der Waals surface area (Å²) >= 11 is 5.96. The fourth-order valence-corrected chi connectivity index (χ4v) is 2.52. The van der Waals surface area contributed by atoms with E-state index in [1.807, 2.05) is 6.92 Å². The van der Waals surface area contributed by atoms with Gasteiger partial charge in [0.25, 0.3) is 0 Å². The van der Waals surface area contributed by atoms with Crippen molar-refractivity contribution in [2.24, 2.45) is 0 Å².